The number of halogens is 3. The summed E-state index contributed by atoms with van der Waals surface area (Å²) in [6, 6.07) is 8.08. The number of aliphatic imine (C=N–C) groups is 1. The summed E-state index contributed by atoms with van der Waals surface area (Å²) in [7, 11) is 1.51. The van der Waals surface area contributed by atoms with Crippen LogP contribution in [0.1, 0.15) is 23.6 Å². The molecule has 1 unspecified atom stereocenters. The first kappa shape index (κ1) is 20.4. The van der Waals surface area contributed by atoms with Gasteiger partial charge in [0, 0.05) is 12.6 Å². The van der Waals surface area contributed by atoms with Crippen LogP contribution in [-0.2, 0) is 11.0 Å². The number of hydrogen-bond donors (Lipinski definition) is 2. The van der Waals surface area contributed by atoms with E-state index in [1.165, 1.54) is 31.5 Å². The lowest BCUT2D eigenvalue weighted by Crippen LogP contribution is -2.36. The van der Waals surface area contributed by atoms with Crippen LogP contribution in [0.25, 0.3) is 11.3 Å². The first-order chi connectivity index (χ1) is 13.8. The van der Waals surface area contributed by atoms with Gasteiger partial charge in [0.05, 0.1) is 29.5 Å². The molecule has 0 saturated heterocycles. The van der Waals surface area contributed by atoms with E-state index in [1.807, 2.05) is 0 Å². The van der Waals surface area contributed by atoms with E-state index in [4.69, 9.17) is 10.5 Å². The van der Waals surface area contributed by atoms with Gasteiger partial charge >= 0.3 is 6.18 Å². The van der Waals surface area contributed by atoms with Crippen molar-refractivity contribution in [3.05, 3.63) is 59.9 Å². The number of aromatic nitrogens is 1. The van der Waals surface area contributed by atoms with Crippen molar-refractivity contribution in [2.24, 2.45) is 10.7 Å². The minimum Gasteiger partial charge on any atom is -0.492 e. The maximum absolute atomic E-state index is 13.0. The number of amidine groups is 1. The van der Waals surface area contributed by atoms with Crippen molar-refractivity contribution in [3.8, 4) is 17.0 Å². The maximum atomic E-state index is 13.0. The molecule has 9 heteroatoms. The van der Waals surface area contributed by atoms with Crippen molar-refractivity contribution in [1.29, 1.82) is 0 Å². The Bertz CT molecular complexity index is 970. The lowest BCUT2D eigenvalue weighted by atomic mass is 9.96. The molecular weight excluding hydrogens is 385 g/mol. The molecule has 3 N–H and O–H groups in total. The highest BCUT2D eigenvalue weighted by Crippen LogP contribution is 2.36. The quantitative estimate of drug-likeness (QED) is 0.607. The Hall–Kier alpha value is -3.36. The third kappa shape index (κ3) is 4.56. The number of nitrogens with two attached hydrogens (primary N) is 1. The Morgan fingerprint density at radius 1 is 1.34 bits per heavy atom. The molecule has 3 rings (SSSR count). The van der Waals surface area contributed by atoms with Gasteiger partial charge < -0.3 is 15.8 Å². The van der Waals surface area contributed by atoms with E-state index in [-0.39, 0.29) is 5.91 Å². The first-order valence-corrected chi connectivity index (χ1v) is 8.80. The smallest absolute Gasteiger partial charge is 0.416 e. The molecule has 0 aliphatic carbocycles. The summed E-state index contributed by atoms with van der Waals surface area (Å²) in [6.45, 7) is 0.320. The molecule has 6 nitrogen and oxygen atoms in total. The summed E-state index contributed by atoms with van der Waals surface area (Å²) in [6.07, 6.45) is -1.38. The van der Waals surface area contributed by atoms with Crippen LogP contribution in [0.4, 0.5) is 13.2 Å². The van der Waals surface area contributed by atoms with Gasteiger partial charge in [-0.3, -0.25) is 9.79 Å². The normalized spacial score (nSPS) is 17.0. The number of amides is 1. The highest BCUT2D eigenvalue weighted by molar-refractivity contribution is 6.06. The molecular formula is C20H19F3N4O2. The van der Waals surface area contributed by atoms with E-state index in [0.29, 0.717) is 41.6 Å². The molecule has 1 aliphatic heterocycles. The molecule has 1 atom stereocenters. The molecule has 2 heterocycles. The zero-order valence-corrected chi connectivity index (χ0v) is 15.5. The number of benzene rings is 1. The first-order valence-electron chi connectivity index (χ1n) is 8.80. The van der Waals surface area contributed by atoms with Gasteiger partial charge in [-0.05, 0) is 43.0 Å². The van der Waals surface area contributed by atoms with E-state index in [0.717, 1.165) is 12.1 Å². The number of carbonyl (C=O) groups is 1. The minimum atomic E-state index is -4.46. The van der Waals surface area contributed by atoms with Gasteiger partial charge in [0.2, 0.25) is 5.91 Å². The summed E-state index contributed by atoms with van der Waals surface area (Å²) >= 11 is 0. The van der Waals surface area contributed by atoms with E-state index in [1.54, 1.807) is 12.1 Å². The number of carbonyl (C=O) groups excluding carboxylic acids is 1. The predicted molar refractivity (Wildman–Crippen MR) is 102 cm³/mol. The predicted octanol–water partition coefficient (Wildman–Crippen LogP) is 3.25. The highest BCUT2D eigenvalue weighted by atomic mass is 19.4. The van der Waals surface area contributed by atoms with Crippen molar-refractivity contribution < 1.29 is 22.7 Å². The lowest BCUT2D eigenvalue weighted by molar-refractivity contribution is -0.137. The average molecular weight is 404 g/mol. The zero-order chi connectivity index (χ0) is 21.0. The van der Waals surface area contributed by atoms with Crippen LogP contribution < -0.4 is 15.8 Å². The van der Waals surface area contributed by atoms with Gasteiger partial charge in [-0.2, -0.15) is 13.2 Å². The molecule has 0 fully saturated rings. The fourth-order valence-corrected chi connectivity index (χ4v) is 3.00. The minimum absolute atomic E-state index is 0.291. The molecule has 1 aromatic heterocycles. The molecule has 152 valence electrons. The van der Waals surface area contributed by atoms with Crippen LogP contribution in [0.5, 0.6) is 5.75 Å². The standard InChI is InChI=1S/C20H19F3N4O2/c1-25-17(7-9-24)27-19(28)14-8-10-29-16-6-5-15(26-18(14)16)12-3-2-4-13(11-12)20(21,22)23/h2-7,9,11,14H,8,10,24H2,1H3,(H,25,27,28). The van der Waals surface area contributed by atoms with Crippen molar-refractivity contribution in [1.82, 2.24) is 10.3 Å². The van der Waals surface area contributed by atoms with Crippen molar-refractivity contribution in [2.75, 3.05) is 13.7 Å². The van der Waals surface area contributed by atoms with Gasteiger partial charge in [-0.1, -0.05) is 12.1 Å². The van der Waals surface area contributed by atoms with Crippen LogP contribution >= 0.6 is 0 Å². The second-order valence-corrected chi connectivity index (χ2v) is 6.31. The van der Waals surface area contributed by atoms with Crippen molar-refractivity contribution >= 4 is 11.7 Å². The second-order valence-electron chi connectivity index (χ2n) is 6.31. The number of pyridine rings is 1. The molecule has 29 heavy (non-hydrogen) atoms. The fraction of sp³-hybridized carbons (Fsp3) is 0.250. The number of rotatable bonds is 3. The van der Waals surface area contributed by atoms with Gasteiger partial charge in [-0.25, -0.2) is 4.98 Å². The topological polar surface area (TPSA) is 89.6 Å². The Morgan fingerprint density at radius 3 is 2.83 bits per heavy atom. The van der Waals surface area contributed by atoms with Crippen LogP contribution in [0.15, 0.2) is 53.7 Å². The number of nitrogens with zero attached hydrogens (tertiary/aromatic N) is 2. The number of ether oxygens (including phenoxy) is 1. The Labute approximate surface area is 165 Å². The van der Waals surface area contributed by atoms with Crippen LogP contribution in [0, 0.1) is 0 Å². The molecule has 0 bridgehead atoms. The van der Waals surface area contributed by atoms with Crippen LogP contribution in [-0.4, -0.2) is 30.4 Å². The van der Waals surface area contributed by atoms with Crippen molar-refractivity contribution in [3.63, 3.8) is 0 Å². The van der Waals surface area contributed by atoms with E-state index < -0.39 is 17.7 Å². The number of nitrogens with one attached hydrogen (secondary N) is 1. The summed E-state index contributed by atoms with van der Waals surface area (Å²) in [5, 5.41) is 2.67. The van der Waals surface area contributed by atoms with Crippen LogP contribution in [0.3, 0.4) is 0 Å². The highest BCUT2D eigenvalue weighted by Gasteiger charge is 2.32. The van der Waals surface area contributed by atoms with E-state index in [9.17, 15) is 18.0 Å². The average Bonchev–Trinajstić information content (AvgIpc) is 2.72. The SMILES string of the molecule is CN=C(C=CN)NC(=O)C1CCOc2ccc(-c3cccc(C(F)(F)F)c3)nc21. The van der Waals surface area contributed by atoms with Gasteiger partial charge in [0.15, 0.2) is 0 Å². The van der Waals surface area contributed by atoms with Gasteiger partial charge in [0.25, 0.3) is 0 Å². The summed E-state index contributed by atoms with van der Waals surface area (Å²) in [5.41, 5.74) is 5.57. The summed E-state index contributed by atoms with van der Waals surface area (Å²) in [4.78, 5) is 21.1. The summed E-state index contributed by atoms with van der Waals surface area (Å²) in [5.74, 6) is -0.259. The van der Waals surface area contributed by atoms with E-state index >= 15 is 0 Å². The number of fused-ring (bicyclic) bond motifs is 1. The lowest BCUT2D eigenvalue weighted by Gasteiger charge is -2.24. The molecule has 0 saturated carbocycles. The maximum Gasteiger partial charge on any atom is 0.416 e. The fourth-order valence-electron chi connectivity index (χ4n) is 3.00. The second kappa shape index (κ2) is 8.34. The van der Waals surface area contributed by atoms with Crippen molar-refractivity contribution in [2.45, 2.75) is 18.5 Å². The zero-order valence-electron chi connectivity index (χ0n) is 15.5. The molecule has 2 aromatic rings. The van der Waals surface area contributed by atoms with Crippen LogP contribution in [0.2, 0.25) is 0 Å². The van der Waals surface area contributed by atoms with Gasteiger partial charge in [-0.15, -0.1) is 0 Å². The number of alkyl halides is 3. The largest absolute Gasteiger partial charge is 0.492 e. The third-order valence-corrected chi connectivity index (χ3v) is 4.43. The van der Waals surface area contributed by atoms with E-state index in [2.05, 4.69) is 15.3 Å². The number of hydrogen-bond acceptors (Lipinski definition) is 5. The third-order valence-electron chi connectivity index (χ3n) is 4.43. The molecule has 0 spiro atoms. The molecule has 1 amide bonds. The summed E-state index contributed by atoms with van der Waals surface area (Å²) < 4.78 is 44.6. The molecule has 1 aromatic carbocycles. The van der Waals surface area contributed by atoms with Gasteiger partial charge in [0.1, 0.15) is 11.6 Å². The Morgan fingerprint density at radius 2 is 2.14 bits per heavy atom. The monoisotopic (exact) mass is 404 g/mol. The Balaban J connectivity index is 1.95. The Kier molecular flexibility index (Phi) is 5.86. The molecule has 0 radical (unpaired) electrons. The molecule has 1 aliphatic rings.